The zero-order valence-corrected chi connectivity index (χ0v) is 31.0. The number of benzene rings is 8. The predicted molar refractivity (Wildman–Crippen MR) is 238 cm³/mol. The smallest absolute Gasteiger partial charge is 0.240 e. The van der Waals surface area contributed by atoms with E-state index in [1.165, 1.54) is 4.57 Å². The van der Waals surface area contributed by atoms with E-state index in [2.05, 4.69) is 0 Å². The van der Waals surface area contributed by atoms with Gasteiger partial charge in [-0.1, -0.05) is 188 Å². The van der Waals surface area contributed by atoms with Crippen LogP contribution >= 0.6 is 0 Å². The van der Waals surface area contributed by atoms with Crippen LogP contribution in [0.25, 0.3) is 66.9 Å². The van der Waals surface area contributed by atoms with E-state index in [0.29, 0.717) is 11.0 Å². The summed E-state index contributed by atoms with van der Waals surface area (Å²) < 4.78 is 114. The van der Waals surface area contributed by atoms with Gasteiger partial charge in [-0.15, -0.1) is 0 Å². The van der Waals surface area contributed by atoms with Crippen molar-refractivity contribution in [2.45, 2.75) is 0 Å². The van der Waals surface area contributed by atoms with Crippen LogP contribution in [0.5, 0.6) is 0 Å². The van der Waals surface area contributed by atoms with Gasteiger partial charge in [0.15, 0.2) is 13.9 Å². The lowest BCUT2D eigenvalue weighted by molar-refractivity contribution is 0.893. The minimum atomic E-state index is -3.77. The van der Waals surface area contributed by atoms with Crippen molar-refractivity contribution < 1.29 is 16.4 Å². The Balaban J connectivity index is 1.35. The van der Waals surface area contributed by atoms with Gasteiger partial charge < -0.3 is 0 Å². The molecule has 3 aromatic heterocycles. The van der Waals surface area contributed by atoms with Crippen LogP contribution in [0.2, 0.25) is 0 Å². The number of nitrogens with zero attached hydrogens (tertiary/aromatic N) is 5. The maximum Gasteiger partial charge on any atom is 0.240 e. The normalized spacial score (nSPS) is 14.8. The van der Waals surface area contributed by atoms with Gasteiger partial charge in [0.05, 0.1) is 38.5 Å². The first kappa shape index (κ1) is 22.8. The Morgan fingerprint density at radius 2 is 0.807 bits per heavy atom. The lowest BCUT2D eigenvalue weighted by atomic mass is 10.2. The zero-order chi connectivity index (χ0) is 48.2. The van der Waals surface area contributed by atoms with Crippen molar-refractivity contribution in [3.05, 3.63) is 212 Å². The fourth-order valence-corrected chi connectivity index (χ4v) is 12.6. The average Bonchev–Trinajstić information content (AvgIpc) is 3.92. The van der Waals surface area contributed by atoms with E-state index in [1.54, 1.807) is 4.57 Å². The minimum absolute atomic E-state index is 0.0661. The van der Waals surface area contributed by atoms with Crippen molar-refractivity contribution in [3.63, 3.8) is 0 Å². The first-order valence-electron chi connectivity index (χ1n) is 24.3. The van der Waals surface area contributed by atoms with Crippen molar-refractivity contribution in [1.29, 1.82) is 0 Å². The highest BCUT2D eigenvalue weighted by Gasteiger charge is 2.41. The Morgan fingerprint density at radius 1 is 0.368 bits per heavy atom. The fourth-order valence-electron chi connectivity index (χ4n) is 8.07. The summed E-state index contributed by atoms with van der Waals surface area (Å²) in [4.78, 5) is 15.0. The van der Waals surface area contributed by atoms with Gasteiger partial charge >= 0.3 is 0 Å². The molecule has 0 fully saturated rings. The molecule has 11 rings (SSSR count). The highest BCUT2D eigenvalue weighted by molar-refractivity contribution is 7.19. The largest absolute Gasteiger partial charge is 0.278 e. The van der Waals surface area contributed by atoms with Gasteiger partial charge in [0.25, 0.3) is 0 Å². The second kappa shape index (κ2) is 13.4. The van der Waals surface area contributed by atoms with Crippen LogP contribution in [0, 0.1) is 0 Å². The summed E-state index contributed by atoms with van der Waals surface area (Å²) in [5.74, 6) is -0.717. The molecule has 3 heterocycles. The average molecular weight is 758 g/mol. The van der Waals surface area contributed by atoms with E-state index >= 15 is 0 Å². The molecule has 0 atom stereocenters. The molecule has 57 heavy (non-hydrogen) atoms. The topological polar surface area (TPSA) is 48.5 Å². The molecule has 0 saturated carbocycles. The highest BCUT2D eigenvalue weighted by atomic mass is 28.3. The third-order valence-corrected chi connectivity index (χ3v) is 15.1. The number of fused-ring (bicyclic) bond motifs is 6. The van der Waals surface area contributed by atoms with Gasteiger partial charge in [-0.2, -0.15) is 15.0 Å². The summed E-state index contributed by atoms with van der Waals surface area (Å²) in [5.41, 5.74) is 0.602. The van der Waals surface area contributed by atoms with E-state index in [4.69, 9.17) is 23.2 Å². The van der Waals surface area contributed by atoms with E-state index in [-0.39, 0.29) is 62.4 Å². The Hall–Kier alpha value is -7.41. The van der Waals surface area contributed by atoms with E-state index in [0.717, 1.165) is 26.3 Å². The molecule has 0 N–H and O–H groups in total. The molecule has 0 aliphatic carbocycles. The first-order valence-corrected chi connectivity index (χ1v) is 20.3. The van der Waals surface area contributed by atoms with Crippen LogP contribution in [0.4, 0.5) is 0 Å². The van der Waals surface area contributed by atoms with Gasteiger partial charge in [-0.25, -0.2) is 0 Å². The van der Waals surface area contributed by atoms with E-state index in [1.807, 2.05) is 140 Å². The monoisotopic (exact) mass is 757 g/mol. The maximum atomic E-state index is 10.4. The van der Waals surface area contributed by atoms with Crippen LogP contribution in [0.15, 0.2) is 212 Å². The van der Waals surface area contributed by atoms with Crippen LogP contribution in [0.1, 0.15) is 16.4 Å². The standard InChI is InChI=1S/C51H35N5Si/c1-4-20-37(21-5-1)57(38-22-6-2-7-23-38,39-24-8-3-9-25-39)40-26-18-19-36(35-40)49-52-50(55-45-31-14-10-27-41(45)42-28-11-15-32-46(42)55)54-51(53-49)56-47-33-16-12-29-43(47)44-30-13-17-34-48(44)56/h1-35H/i10D,11D,14D,15D,18D,19D,26D,27D,28D,31D,32D,35D. The third kappa shape index (κ3) is 5.19. The summed E-state index contributed by atoms with van der Waals surface area (Å²) in [6, 6.07) is 37.5. The Labute approximate surface area is 347 Å². The zero-order valence-electron chi connectivity index (χ0n) is 42.0. The highest BCUT2D eigenvalue weighted by Crippen LogP contribution is 2.34. The van der Waals surface area contributed by atoms with Gasteiger partial charge in [0.1, 0.15) is 0 Å². The van der Waals surface area contributed by atoms with Crippen LogP contribution < -0.4 is 20.7 Å². The molecule has 0 bridgehead atoms. The molecule has 0 aliphatic rings. The Morgan fingerprint density at radius 3 is 1.32 bits per heavy atom. The van der Waals surface area contributed by atoms with Crippen molar-refractivity contribution in [1.82, 2.24) is 24.1 Å². The molecular weight excluding hydrogens is 711 g/mol. The molecule has 0 amide bonds. The maximum absolute atomic E-state index is 10.4. The van der Waals surface area contributed by atoms with E-state index in [9.17, 15) is 8.22 Å². The molecule has 0 aliphatic heterocycles. The fraction of sp³-hybridized carbons (Fsp3) is 0. The third-order valence-electron chi connectivity index (χ3n) is 10.5. The van der Waals surface area contributed by atoms with Crippen molar-refractivity contribution >= 4 is 72.4 Å². The molecule has 268 valence electrons. The first-order chi connectivity index (χ1) is 33.3. The molecule has 5 nitrogen and oxygen atoms in total. The molecule has 0 unspecified atom stereocenters. The van der Waals surface area contributed by atoms with Crippen LogP contribution in [-0.2, 0) is 0 Å². The Kier molecular flexibility index (Phi) is 5.37. The summed E-state index contributed by atoms with van der Waals surface area (Å²) in [6.45, 7) is 0. The lowest BCUT2D eigenvalue weighted by Crippen LogP contribution is -2.74. The van der Waals surface area contributed by atoms with Gasteiger partial charge in [0, 0.05) is 27.1 Å². The van der Waals surface area contributed by atoms with Gasteiger partial charge in [-0.3, -0.25) is 9.13 Å². The molecule has 11 aromatic rings. The molecular formula is C51H35N5Si. The van der Waals surface area contributed by atoms with Crippen LogP contribution in [-0.4, -0.2) is 32.2 Å². The number of aromatic nitrogens is 5. The SMILES string of the molecule is [2H]c1c([2H])c(-c2nc(-n3c4ccccc4c4ccccc43)nc(-n3c4c([2H])c([2H])c([2H])c([2H])c4c4c([2H])c([2H])c([2H])c([2H])c43)n2)c([2H])c([Si](c2ccccc2)(c2ccccc2)c2ccccc2)c1[2H]. The summed E-state index contributed by atoms with van der Waals surface area (Å²) in [6.07, 6.45) is 0. The Bertz CT molecular complexity index is 3710. The van der Waals surface area contributed by atoms with E-state index < -0.39 is 68.5 Å². The second-order valence-electron chi connectivity index (χ2n) is 13.5. The van der Waals surface area contributed by atoms with Crippen molar-refractivity contribution in [3.8, 4) is 23.3 Å². The number of rotatable bonds is 7. The summed E-state index contributed by atoms with van der Waals surface area (Å²) in [7, 11) is -3.77. The molecule has 0 radical (unpaired) electrons. The molecule has 0 saturated heterocycles. The molecule has 0 spiro atoms. The quantitative estimate of drug-likeness (QED) is 0.120. The number of para-hydroxylation sites is 4. The summed E-state index contributed by atoms with van der Waals surface area (Å²) in [5, 5.41) is 3.90. The number of hydrogen-bond donors (Lipinski definition) is 0. The second-order valence-corrected chi connectivity index (χ2v) is 17.2. The van der Waals surface area contributed by atoms with Crippen LogP contribution in [0.3, 0.4) is 0 Å². The molecule has 6 heteroatoms. The minimum Gasteiger partial charge on any atom is -0.278 e. The van der Waals surface area contributed by atoms with Gasteiger partial charge in [0.2, 0.25) is 11.9 Å². The van der Waals surface area contributed by atoms with Crippen molar-refractivity contribution in [2.24, 2.45) is 0 Å². The summed E-state index contributed by atoms with van der Waals surface area (Å²) >= 11 is 0. The predicted octanol–water partition coefficient (Wildman–Crippen LogP) is 9.11. The van der Waals surface area contributed by atoms with Gasteiger partial charge in [-0.05, 0) is 45.0 Å². The number of hydrogen-bond acceptors (Lipinski definition) is 3. The molecule has 8 aromatic carbocycles. The lowest BCUT2D eigenvalue weighted by Gasteiger charge is -2.34. The van der Waals surface area contributed by atoms with Crippen molar-refractivity contribution in [2.75, 3.05) is 0 Å².